The molecule has 0 bridgehead atoms. The average Bonchev–Trinajstić information content (AvgIpc) is 2.39. The summed E-state index contributed by atoms with van der Waals surface area (Å²) in [7, 11) is 2.01. The Morgan fingerprint density at radius 2 is 1.95 bits per heavy atom. The third kappa shape index (κ3) is 2.91. The van der Waals surface area contributed by atoms with Crippen LogP contribution in [-0.4, -0.2) is 17.9 Å². The molecule has 0 aliphatic carbocycles. The summed E-state index contributed by atoms with van der Waals surface area (Å²) < 4.78 is 0. The normalized spacial score (nSPS) is 10.2. The molecular weight excluding hydrogens is 236 g/mol. The van der Waals surface area contributed by atoms with Gasteiger partial charge in [-0.25, -0.2) is 0 Å². The highest BCUT2D eigenvalue weighted by Gasteiger charge is 2.12. The lowest BCUT2D eigenvalue weighted by Gasteiger charge is -2.24. The van der Waals surface area contributed by atoms with Crippen LogP contribution in [0.2, 0.25) is 0 Å². The Kier molecular flexibility index (Phi) is 3.80. The first kappa shape index (κ1) is 13.1. The molecule has 19 heavy (non-hydrogen) atoms. The molecule has 3 N–H and O–H groups in total. The lowest BCUT2D eigenvalue weighted by atomic mass is 10.1. The second-order valence-electron chi connectivity index (χ2n) is 4.60. The Bertz CT molecular complexity index is 578. The number of pyridine rings is 1. The summed E-state index contributed by atoms with van der Waals surface area (Å²) in [5.41, 5.74) is 9.73. The predicted octanol–water partition coefficient (Wildman–Crippen LogP) is 2.31. The number of hydrogen-bond donors (Lipinski definition) is 2. The maximum absolute atomic E-state index is 7.69. The molecule has 4 heteroatoms. The molecule has 0 radical (unpaired) electrons. The number of anilines is 1. The molecule has 0 spiro atoms. The second kappa shape index (κ2) is 5.52. The van der Waals surface area contributed by atoms with E-state index in [0.29, 0.717) is 0 Å². The highest BCUT2D eigenvalue weighted by atomic mass is 15.1. The number of para-hydroxylation sites is 1. The molecule has 0 atom stereocenters. The topological polar surface area (TPSA) is 66.0 Å². The van der Waals surface area contributed by atoms with Crippen molar-refractivity contribution in [3.63, 3.8) is 0 Å². The van der Waals surface area contributed by atoms with Crippen LogP contribution in [0.25, 0.3) is 0 Å². The van der Waals surface area contributed by atoms with Gasteiger partial charge in [0.2, 0.25) is 0 Å². The zero-order valence-electron chi connectivity index (χ0n) is 11.2. The van der Waals surface area contributed by atoms with Crippen molar-refractivity contribution in [1.29, 1.82) is 5.41 Å². The van der Waals surface area contributed by atoms with Crippen LogP contribution in [-0.2, 0) is 6.54 Å². The van der Waals surface area contributed by atoms with E-state index in [1.807, 2.05) is 44.3 Å². The van der Waals surface area contributed by atoms with E-state index in [1.54, 1.807) is 12.4 Å². The number of hydrogen-bond acceptors (Lipinski definition) is 3. The van der Waals surface area contributed by atoms with Crippen LogP contribution in [0.5, 0.6) is 0 Å². The summed E-state index contributed by atoms with van der Waals surface area (Å²) in [5, 5.41) is 7.69. The highest BCUT2D eigenvalue weighted by molar-refractivity contribution is 6.01. The largest absolute Gasteiger partial charge is 0.384 e. The fourth-order valence-electron chi connectivity index (χ4n) is 2.22. The Hall–Kier alpha value is -2.36. The SMILES string of the molecule is Cc1cccc(C(=N)N)c1N(C)Cc1ccncc1. The molecule has 0 unspecified atom stereocenters. The molecule has 0 fully saturated rings. The van der Waals surface area contributed by atoms with Crippen molar-refractivity contribution in [2.45, 2.75) is 13.5 Å². The van der Waals surface area contributed by atoms with E-state index in [9.17, 15) is 0 Å². The fraction of sp³-hybridized carbons (Fsp3) is 0.200. The van der Waals surface area contributed by atoms with Gasteiger partial charge in [0, 0.05) is 31.5 Å². The lowest BCUT2D eigenvalue weighted by molar-refractivity contribution is 0.912. The minimum atomic E-state index is 0.0975. The number of nitrogen functional groups attached to an aromatic ring is 1. The molecule has 0 aliphatic rings. The van der Waals surface area contributed by atoms with Crippen molar-refractivity contribution in [3.8, 4) is 0 Å². The van der Waals surface area contributed by atoms with E-state index in [4.69, 9.17) is 11.1 Å². The van der Waals surface area contributed by atoms with Crippen molar-refractivity contribution >= 4 is 11.5 Å². The average molecular weight is 254 g/mol. The predicted molar refractivity (Wildman–Crippen MR) is 78.5 cm³/mol. The molecule has 1 aromatic heterocycles. The third-order valence-electron chi connectivity index (χ3n) is 3.08. The number of aryl methyl sites for hydroxylation is 1. The van der Waals surface area contributed by atoms with Crippen molar-refractivity contribution in [2.24, 2.45) is 5.73 Å². The molecule has 2 aromatic rings. The van der Waals surface area contributed by atoms with Crippen molar-refractivity contribution < 1.29 is 0 Å². The summed E-state index contributed by atoms with van der Waals surface area (Å²) in [4.78, 5) is 6.13. The number of nitrogens with one attached hydrogen (secondary N) is 1. The maximum Gasteiger partial charge on any atom is 0.124 e. The molecule has 0 saturated carbocycles. The van der Waals surface area contributed by atoms with Crippen LogP contribution < -0.4 is 10.6 Å². The Balaban J connectivity index is 2.33. The smallest absolute Gasteiger partial charge is 0.124 e. The monoisotopic (exact) mass is 254 g/mol. The van der Waals surface area contributed by atoms with E-state index in [2.05, 4.69) is 9.88 Å². The molecule has 98 valence electrons. The van der Waals surface area contributed by atoms with Gasteiger partial charge in [0.05, 0.1) is 5.69 Å². The second-order valence-corrected chi connectivity index (χ2v) is 4.60. The van der Waals surface area contributed by atoms with Gasteiger partial charge in [0.1, 0.15) is 5.84 Å². The van der Waals surface area contributed by atoms with Gasteiger partial charge < -0.3 is 10.6 Å². The van der Waals surface area contributed by atoms with Gasteiger partial charge in [0.15, 0.2) is 0 Å². The summed E-state index contributed by atoms with van der Waals surface area (Å²) in [6, 6.07) is 9.82. The van der Waals surface area contributed by atoms with Crippen molar-refractivity contribution in [3.05, 3.63) is 59.4 Å². The van der Waals surface area contributed by atoms with Crippen LogP contribution in [0.1, 0.15) is 16.7 Å². The van der Waals surface area contributed by atoms with E-state index >= 15 is 0 Å². The highest BCUT2D eigenvalue weighted by Crippen LogP contribution is 2.25. The molecular formula is C15H18N4. The number of amidine groups is 1. The summed E-state index contributed by atoms with van der Waals surface area (Å²) in [6.45, 7) is 2.79. The molecule has 0 saturated heterocycles. The van der Waals surface area contributed by atoms with Gasteiger partial charge in [-0.05, 0) is 36.2 Å². The van der Waals surface area contributed by atoms with Crippen LogP contribution in [0, 0.1) is 12.3 Å². The van der Waals surface area contributed by atoms with E-state index in [1.165, 1.54) is 5.56 Å². The fourth-order valence-corrected chi connectivity index (χ4v) is 2.22. The molecule has 4 nitrogen and oxygen atoms in total. The number of nitrogens with zero attached hydrogens (tertiary/aromatic N) is 2. The molecule has 2 rings (SSSR count). The summed E-state index contributed by atoms with van der Waals surface area (Å²) in [5.74, 6) is 0.0975. The summed E-state index contributed by atoms with van der Waals surface area (Å²) in [6.07, 6.45) is 3.57. The van der Waals surface area contributed by atoms with Crippen LogP contribution in [0.15, 0.2) is 42.7 Å². The summed E-state index contributed by atoms with van der Waals surface area (Å²) >= 11 is 0. The van der Waals surface area contributed by atoms with Gasteiger partial charge in [0.25, 0.3) is 0 Å². The van der Waals surface area contributed by atoms with Gasteiger partial charge >= 0.3 is 0 Å². The van der Waals surface area contributed by atoms with Crippen molar-refractivity contribution in [2.75, 3.05) is 11.9 Å². The van der Waals surface area contributed by atoms with Crippen LogP contribution in [0.3, 0.4) is 0 Å². The molecule has 1 heterocycles. The first-order chi connectivity index (χ1) is 9.09. The first-order valence-electron chi connectivity index (χ1n) is 6.13. The van der Waals surface area contributed by atoms with E-state index in [0.717, 1.165) is 23.4 Å². The minimum Gasteiger partial charge on any atom is -0.384 e. The zero-order valence-corrected chi connectivity index (χ0v) is 11.2. The van der Waals surface area contributed by atoms with Gasteiger partial charge in [-0.3, -0.25) is 10.4 Å². The first-order valence-corrected chi connectivity index (χ1v) is 6.13. The zero-order chi connectivity index (χ0) is 13.8. The van der Waals surface area contributed by atoms with E-state index in [-0.39, 0.29) is 5.84 Å². The lowest BCUT2D eigenvalue weighted by Crippen LogP contribution is -2.23. The van der Waals surface area contributed by atoms with Gasteiger partial charge in [-0.15, -0.1) is 0 Å². The third-order valence-corrected chi connectivity index (χ3v) is 3.08. The standard InChI is InChI=1S/C15H18N4/c1-11-4-3-5-13(15(16)17)14(11)19(2)10-12-6-8-18-9-7-12/h3-9H,10H2,1-2H3,(H3,16,17). The van der Waals surface area contributed by atoms with E-state index < -0.39 is 0 Å². The number of aromatic nitrogens is 1. The maximum atomic E-state index is 7.69. The Morgan fingerprint density at radius 3 is 2.58 bits per heavy atom. The van der Waals surface area contributed by atoms with Crippen LogP contribution >= 0.6 is 0 Å². The number of rotatable bonds is 4. The van der Waals surface area contributed by atoms with Gasteiger partial charge in [-0.1, -0.05) is 12.1 Å². The Labute approximate surface area is 113 Å². The van der Waals surface area contributed by atoms with Crippen molar-refractivity contribution in [1.82, 2.24) is 4.98 Å². The number of nitrogens with two attached hydrogens (primary N) is 1. The van der Waals surface area contributed by atoms with Gasteiger partial charge in [-0.2, -0.15) is 0 Å². The molecule has 0 aliphatic heterocycles. The molecule has 0 amide bonds. The Morgan fingerprint density at radius 1 is 1.26 bits per heavy atom. The quantitative estimate of drug-likeness (QED) is 0.650. The van der Waals surface area contributed by atoms with Crippen LogP contribution in [0.4, 0.5) is 5.69 Å². The molecule has 1 aromatic carbocycles. The number of benzene rings is 1. The minimum absolute atomic E-state index is 0.0975.